The van der Waals surface area contributed by atoms with Crippen LogP contribution in [0.15, 0.2) is 41.2 Å². The Morgan fingerprint density at radius 1 is 1.27 bits per heavy atom. The molecule has 0 aliphatic carbocycles. The van der Waals surface area contributed by atoms with Crippen molar-refractivity contribution in [3.8, 4) is 28.7 Å². The van der Waals surface area contributed by atoms with Crippen molar-refractivity contribution < 1.29 is 18.8 Å². The Kier molecular flexibility index (Phi) is 6.65. The second-order valence-corrected chi connectivity index (χ2v) is 8.22. The Hall–Kier alpha value is -3.39. The van der Waals surface area contributed by atoms with E-state index in [1.807, 2.05) is 38.2 Å². The van der Waals surface area contributed by atoms with Crippen molar-refractivity contribution in [2.75, 3.05) is 7.11 Å². The lowest BCUT2D eigenvalue weighted by molar-refractivity contribution is -0.140. The van der Waals surface area contributed by atoms with Crippen LogP contribution in [0.2, 0.25) is 5.02 Å². The fraction of sp³-hybridized carbons (Fsp3) is 0.333. The van der Waals surface area contributed by atoms with Crippen LogP contribution < -0.4 is 4.74 Å². The highest BCUT2D eigenvalue weighted by Gasteiger charge is 2.18. The zero-order chi connectivity index (χ0) is 23.5. The molecule has 0 saturated heterocycles. The van der Waals surface area contributed by atoms with Gasteiger partial charge in [0.25, 0.3) is 5.89 Å². The number of aryl methyl sites for hydroxylation is 2. The Morgan fingerprint density at radius 3 is 2.79 bits per heavy atom. The Bertz CT molecular complexity index is 1300. The number of hydrogen-bond donors (Lipinski definition) is 0. The van der Waals surface area contributed by atoms with Gasteiger partial charge in [-0.2, -0.15) is 4.98 Å². The van der Waals surface area contributed by atoms with E-state index in [1.54, 1.807) is 12.3 Å². The lowest BCUT2D eigenvalue weighted by Crippen LogP contribution is -2.07. The molecule has 0 aliphatic rings. The summed E-state index contributed by atoms with van der Waals surface area (Å²) in [5.74, 6) is 0.900. The van der Waals surface area contributed by atoms with Crippen molar-refractivity contribution in [1.29, 1.82) is 0 Å². The van der Waals surface area contributed by atoms with Gasteiger partial charge in [0, 0.05) is 36.3 Å². The molecular weight excluding hydrogens is 444 g/mol. The number of ether oxygens (including phenoxy) is 2. The monoisotopic (exact) mass is 468 g/mol. The van der Waals surface area contributed by atoms with E-state index in [0.29, 0.717) is 41.0 Å². The second kappa shape index (κ2) is 9.62. The maximum absolute atomic E-state index is 11.7. The number of benzene rings is 1. The third kappa shape index (κ3) is 4.71. The first-order valence-corrected chi connectivity index (χ1v) is 11.1. The summed E-state index contributed by atoms with van der Waals surface area (Å²) >= 11 is 6.31. The minimum atomic E-state index is -0.235. The van der Waals surface area contributed by atoms with Gasteiger partial charge in [0.2, 0.25) is 11.7 Å². The van der Waals surface area contributed by atoms with Gasteiger partial charge >= 0.3 is 5.97 Å². The Labute approximate surface area is 196 Å². The molecule has 3 heterocycles. The lowest BCUT2D eigenvalue weighted by atomic mass is 10.0. The summed E-state index contributed by atoms with van der Waals surface area (Å²) in [4.78, 5) is 20.5. The zero-order valence-corrected chi connectivity index (χ0v) is 19.7. The van der Waals surface area contributed by atoms with E-state index in [-0.39, 0.29) is 12.1 Å². The van der Waals surface area contributed by atoms with Gasteiger partial charge in [-0.15, -0.1) is 0 Å². The molecule has 0 aliphatic heterocycles. The number of methoxy groups -OCH3 is 1. The maximum atomic E-state index is 11.7. The van der Waals surface area contributed by atoms with Crippen LogP contribution in [0.3, 0.4) is 0 Å². The van der Waals surface area contributed by atoms with Crippen molar-refractivity contribution in [2.24, 2.45) is 0 Å². The summed E-state index contributed by atoms with van der Waals surface area (Å²) in [6.45, 7) is 6.68. The van der Waals surface area contributed by atoms with E-state index < -0.39 is 0 Å². The van der Waals surface area contributed by atoms with Crippen molar-refractivity contribution in [2.45, 2.75) is 46.3 Å². The molecule has 0 atom stereocenters. The average Bonchev–Trinajstić information content (AvgIpc) is 3.46. The van der Waals surface area contributed by atoms with Crippen LogP contribution in [-0.4, -0.2) is 38.9 Å². The summed E-state index contributed by atoms with van der Waals surface area (Å²) in [7, 11) is 1.40. The molecular formula is C24H25ClN4O4. The van der Waals surface area contributed by atoms with E-state index in [4.69, 9.17) is 25.6 Å². The highest BCUT2D eigenvalue weighted by atomic mass is 35.5. The Balaban J connectivity index is 1.69. The lowest BCUT2D eigenvalue weighted by Gasteiger charge is -2.10. The molecule has 172 valence electrons. The molecule has 0 spiro atoms. The van der Waals surface area contributed by atoms with Crippen LogP contribution in [-0.2, 0) is 22.5 Å². The Morgan fingerprint density at radius 2 is 2.09 bits per heavy atom. The summed E-state index contributed by atoms with van der Waals surface area (Å²) < 4.78 is 18.0. The van der Waals surface area contributed by atoms with Crippen molar-refractivity contribution in [1.82, 2.24) is 19.7 Å². The minimum absolute atomic E-state index is 0.0377. The molecule has 3 aromatic heterocycles. The van der Waals surface area contributed by atoms with Crippen molar-refractivity contribution in [3.63, 3.8) is 0 Å². The highest BCUT2D eigenvalue weighted by molar-refractivity contribution is 6.32. The molecule has 0 radical (unpaired) electrons. The average molecular weight is 469 g/mol. The van der Waals surface area contributed by atoms with E-state index >= 15 is 0 Å². The summed E-state index contributed by atoms with van der Waals surface area (Å²) in [6.07, 6.45) is 4.48. The van der Waals surface area contributed by atoms with Gasteiger partial charge in [-0.25, -0.2) is 4.98 Å². The van der Waals surface area contributed by atoms with Crippen LogP contribution >= 0.6 is 11.6 Å². The second-order valence-electron chi connectivity index (χ2n) is 7.81. The number of carbonyl (C=O) groups is 1. The van der Waals surface area contributed by atoms with E-state index in [0.717, 1.165) is 28.6 Å². The topological polar surface area (TPSA) is 92.3 Å². The van der Waals surface area contributed by atoms with Crippen LogP contribution in [0.25, 0.3) is 33.7 Å². The molecule has 4 rings (SSSR count). The highest BCUT2D eigenvalue weighted by Crippen LogP contribution is 2.33. The number of esters is 1. The van der Waals surface area contributed by atoms with Crippen LogP contribution in [0.1, 0.15) is 32.8 Å². The molecule has 8 nitrogen and oxygen atoms in total. The molecule has 0 fully saturated rings. The number of rotatable bonds is 8. The van der Waals surface area contributed by atoms with Crippen LogP contribution in [0.4, 0.5) is 0 Å². The van der Waals surface area contributed by atoms with Gasteiger partial charge in [0.1, 0.15) is 5.02 Å². The minimum Gasteiger partial charge on any atom is -0.474 e. The molecule has 33 heavy (non-hydrogen) atoms. The largest absolute Gasteiger partial charge is 0.474 e. The number of halogens is 1. The van der Waals surface area contributed by atoms with E-state index in [9.17, 15) is 4.79 Å². The van der Waals surface area contributed by atoms with Crippen molar-refractivity contribution in [3.05, 3.63) is 47.2 Å². The predicted octanol–water partition coefficient (Wildman–Crippen LogP) is 5.32. The normalized spacial score (nSPS) is 11.3. The van der Waals surface area contributed by atoms with Gasteiger partial charge in [-0.3, -0.25) is 4.79 Å². The van der Waals surface area contributed by atoms with Gasteiger partial charge in [0.15, 0.2) is 0 Å². The van der Waals surface area contributed by atoms with Crippen LogP contribution in [0.5, 0.6) is 5.88 Å². The number of hydrogen-bond acceptors (Lipinski definition) is 7. The fourth-order valence-electron chi connectivity index (χ4n) is 3.70. The summed E-state index contributed by atoms with van der Waals surface area (Å²) in [6, 6.07) is 7.68. The number of aromatic nitrogens is 4. The third-order valence-electron chi connectivity index (χ3n) is 5.24. The molecule has 0 bridgehead atoms. The molecule has 9 heteroatoms. The van der Waals surface area contributed by atoms with E-state index in [1.165, 1.54) is 7.11 Å². The number of fused-ring (bicyclic) bond motifs is 1. The summed E-state index contributed by atoms with van der Waals surface area (Å²) in [5, 5.41) is 5.56. The standard InChI is InChI=1S/C24H25ClN4O4/c1-5-29-11-10-17-18(8-6-15(21(17)29)7-9-20(30)31-4)22-27-23(33-28-22)16-12-19(25)24(26-13-16)32-14(2)3/h6,8,10-14H,5,7,9H2,1-4H3. The smallest absolute Gasteiger partial charge is 0.305 e. The quantitative estimate of drug-likeness (QED) is 0.323. The van der Waals surface area contributed by atoms with Gasteiger partial charge < -0.3 is 18.6 Å². The molecule has 0 unspecified atom stereocenters. The predicted molar refractivity (Wildman–Crippen MR) is 125 cm³/mol. The molecule has 0 amide bonds. The number of nitrogens with zero attached hydrogens (tertiary/aromatic N) is 4. The third-order valence-corrected chi connectivity index (χ3v) is 5.52. The van der Waals surface area contributed by atoms with E-state index in [2.05, 4.69) is 26.6 Å². The zero-order valence-electron chi connectivity index (χ0n) is 19.0. The number of carbonyl (C=O) groups excluding carboxylic acids is 1. The maximum Gasteiger partial charge on any atom is 0.305 e. The molecule has 0 saturated carbocycles. The number of pyridine rings is 1. The molecule has 4 aromatic rings. The molecule has 0 N–H and O–H groups in total. The van der Waals surface area contributed by atoms with Crippen molar-refractivity contribution >= 4 is 28.5 Å². The molecule has 1 aromatic carbocycles. The van der Waals surface area contributed by atoms with Gasteiger partial charge in [-0.1, -0.05) is 28.9 Å². The van der Waals surface area contributed by atoms with Crippen LogP contribution in [0, 0.1) is 0 Å². The van der Waals surface area contributed by atoms with Gasteiger partial charge in [0.05, 0.1) is 24.3 Å². The van der Waals surface area contributed by atoms with Gasteiger partial charge in [-0.05, 0) is 44.9 Å². The summed E-state index contributed by atoms with van der Waals surface area (Å²) in [5.41, 5.74) is 3.55. The first kappa shape index (κ1) is 22.8. The first-order chi connectivity index (χ1) is 15.9. The SMILES string of the molecule is CCn1ccc2c(-c3noc(-c4cnc(OC(C)C)c(Cl)c4)n3)ccc(CCC(=O)OC)c21. The first-order valence-electron chi connectivity index (χ1n) is 10.8. The fourth-order valence-corrected chi connectivity index (χ4v) is 3.91.